The molecular weight excluding hydrogens is 176 g/mol. The molecule has 0 spiro atoms. The Balaban J connectivity index is 1.96. The van der Waals surface area contributed by atoms with Crippen molar-refractivity contribution in [3.63, 3.8) is 0 Å². The number of nitrogens with zero attached hydrogens (tertiary/aromatic N) is 2. The number of morpholine rings is 1. The van der Waals surface area contributed by atoms with E-state index < -0.39 is 0 Å². The third kappa shape index (κ3) is 2.10. The van der Waals surface area contributed by atoms with Crippen LogP contribution in [0, 0.1) is 0 Å². The van der Waals surface area contributed by atoms with Gasteiger partial charge in [0.1, 0.15) is 0 Å². The Bertz CT molecular complexity index is 166. The topological polar surface area (TPSA) is 15.7 Å². The highest BCUT2D eigenvalue weighted by atomic mass is 16.5. The van der Waals surface area contributed by atoms with Gasteiger partial charge < -0.3 is 9.64 Å². The second-order valence-corrected chi connectivity index (χ2v) is 4.67. The maximum absolute atomic E-state index is 5.59. The Kier molecular flexibility index (Phi) is 3.42. The Hall–Kier alpha value is -0.120. The molecule has 2 aliphatic rings. The molecule has 3 heteroatoms. The highest BCUT2D eigenvalue weighted by Crippen LogP contribution is 2.22. The summed E-state index contributed by atoms with van der Waals surface area (Å²) < 4.78 is 5.59. The zero-order valence-corrected chi connectivity index (χ0v) is 9.41. The molecule has 0 N–H and O–H groups in total. The van der Waals surface area contributed by atoms with Gasteiger partial charge in [0, 0.05) is 18.6 Å². The lowest BCUT2D eigenvalue weighted by Crippen LogP contribution is -2.56. The van der Waals surface area contributed by atoms with Crippen LogP contribution in [0.4, 0.5) is 0 Å². The second-order valence-electron chi connectivity index (χ2n) is 4.67. The van der Waals surface area contributed by atoms with Crippen LogP contribution in [0.1, 0.15) is 19.3 Å². The van der Waals surface area contributed by atoms with E-state index in [0.717, 1.165) is 19.8 Å². The van der Waals surface area contributed by atoms with Gasteiger partial charge in [0.05, 0.1) is 13.2 Å². The molecule has 2 unspecified atom stereocenters. The lowest BCUT2D eigenvalue weighted by atomic mass is 9.95. The summed E-state index contributed by atoms with van der Waals surface area (Å²) in [5.74, 6) is 0. The summed E-state index contributed by atoms with van der Waals surface area (Å²) in [5.41, 5.74) is 0. The molecule has 2 atom stereocenters. The molecule has 0 bridgehead atoms. The summed E-state index contributed by atoms with van der Waals surface area (Å²) in [6.45, 7) is 4.18. The molecule has 0 aliphatic carbocycles. The molecule has 2 rings (SSSR count). The van der Waals surface area contributed by atoms with Crippen molar-refractivity contribution in [3.8, 4) is 0 Å². The van der Waals surface area contributed by atoms with Crippen molar-refractivity contribution < 1.29 is 4.74 Å². The predicted octanol–water partition coefficient (Wildman–Crippen LogP) is 0.801. The van der Waals surface area contributed by atoms with E-state index in [-0.39, 0.29) is 0 Å². The van der Waals surface area contributed by atoms with Crippen molar-refractivity contribution in [1.82, 2.24) is 9.80 Å². The number of hydrogen-bond acceptors (Lipinski definition) is 3. The maximum Gasteiger partial charge on any atom is 0.0637 e. The zero-order chi connectivity index (χ0) is 9.97. The van der Waals surface area contributed by atoms with Gasteiger partial charge in [-0.05, 0) is 33.5 Å². The van der Waals surface area contributed by atoms with Gasteiger partial charge in [0.25, 0.3) is 0 Å². The molecule has 2 saturated heterocycles. The first-order chi connectivity index (χ1) is 6.79. The van der Waals surface area contributed by atoms with E-state index in [1.54, 1.807) is 0 Å². The van der Waals surface area contributed by atoms with Crippen LogP contribution < -0.4 is 0 Å². The van der Waals surface area contributed by atoms with Gasteiger partial charge >= 0.3 is 0 Å². The van der Waals surface area contributed by atoms with Crippen molar-refractivity contribution >= 4 is 0 Å². The lowest BCUT2D eigenvalue weighted by molar-refractivity contribution is -0.0355. The summed E-state index contributed by atoms with van der Waals surface area (Å²) in [5, 5.41) is 0. The molecular formula is C11H22N2O. The van der Waals surface area contributed by atoms with Crippen LogP contribution >= 0.6 is 0 Å². The van der Waals surface area contributed by atoms with Crippen LogP contribution in [0.25, 0.3) is 0 Å². The molecule has 0 aromatic heterocycles. The molecule has 0 radical (unpaired) electrons. The average Bonchev–Trinajstić information content (AvgIpc) is 2.20. The quantitative estimate of drug-likeness (QED) is 0.620. The van der Waals surface area contributed by atoms with Gasteiger partial charge in [0.15, 0.2) is 0 Å². The molecule has 82 valence electrons. The first-order valence-electron chi connectivity index (χ1n) is 5.77. The van der Waals surface area contributed by atoms with E-state index in [4.69, 9.17) is 4.74 Å². The van der Waals surface area contributed by atoms with Crippen molar-refractivity contribution in [1.29, 1.82) is 0 Å². The van der Waals surface area contributed by atoms with Gasteiger partial charge in [-0.15, -0.1) is 0 Å². The molecule has 0 saturated carbocycles. The van der Waals surface area contributed by atoms with Crippen molar-refractivity contribution in [3.05, 3.63) is 0 Å². The van der Waals surface area contributed by atoms with E-state index in [1.165, 1.54) is 25.8 Å². The predicted molar refractivity (Wildman–Crippen MR) is 57.5 cm³/mol. The maximum atomic E-state index is 5.59. The Morgan fingerprint density at radius 3 is 2.50 bits per heavy atom. The lowest BCUT2D eigenvalue weighted by Gasteiger charge is -2.43. The van der Waals surface area contributed by atoms with E-state index in [1.807, 2.05) is 0 Å². The zero-order valence-electron chi connectivity index (χ0n) is 9.41. The van der Waals surface area contributed by atoms with Crippen molar-refractivity contribution in [2.24, 2.45) is 0 Å². The van der Waals surface area contributed by atoms with E-state index >= 15 is 0 Å². The smallest absolute Gasteiger partial charge is 0.0637 e. The number of likely N-dealkylation sites (N-methyl/N-ethyl adjacent to an activating group) is 2. The monoisotopic (exact) mass is 198 g/mol. The highest BCUT2D eigenvalue weighted by Gasteiger charge is 2.32. The SMILES string of the molecule is CN1CCCCC1C1COCCN1C. The molecule has 0 aromatic carbocycles. The van der Waals surface area contributed by atoms with Crippen molar-refractivity contribution in [2.45, 2.75) is 31.3 Å². The minimum atomic E-state index is 0.619. The van der Waals surface area contributed by atoms with Crippen molar-refractivity contribution in [2.75, 3.05) is 40.4 Å². The van der Waals surface area contributed by atoms with Gasteiger partial charge in [-0.3, -0.25) is 4.90 Å². The summed E-state index contributed by atoms with van der Waals surface area (Å²) >= 11 is 0. The fourth-order valence-electron chi connectivity index (χ4n) is 2.70. The first kappa shape index (κ1) is 10.4. The molecule has 2 heterocycles. The normalized spacial score (nSPS) is 37.3. The number of piperidine rings is 1. The minimum Gasteiger partial charge on any atom is -0.378 e. The summed E-state index contributed by atoms with van der Waals surface area (Å²) in [6, 6.07) is 1.34. The molecule has 0 aromatic rings. The fourth-order valence-corrected chi connectivity index (χ4v) is 2.70. The van der Waals surface area contributed by atoms with E-state index in [2.05, 4.69) is 23.9 Å². The summed E-state index contributed by atoms with van der Waals surface area (Å²) in [6.07, 6.45) is 4.10. The number of hydrogen-bond donors (Lipinski definition) is 0. The Morgan fingerprint density at radius 2 is 1.79 bits per heavy atom. The van der Waals surface area contributed by atoms with Gasteiger partial charge in [-0.25, -0.2) is 0 Å². The largest absolute Gasteiger partial charge is 0.378 e. The average molecular weight is 198 g/mol. The Labute approximate surface area is 87.0 Å². The van der Waals surface area contributed by atoms with Crippen LogP contribution in [-0.4, -0.2) is 62.3 Å². The van der Waals surface area contributed by atoms with Gasteiger partial charge in [0.2, 0.25) is 0 Å². The molecule has 3 nitrogen and oxygen atoms in total. The molecule has 2 fully saturated rings. The minimum absolute atomic E-state index is 0.619. The molecule has 14 heavy (non-hydrogen) atoms. The van der Waals surface area contributed by atoms with Crippen LogP contribution in [0.2, 0.25) is 0 Å². The van der Waals surface area contributed by atoms with E-state index in [0.29, 0.717) is 12.1 Å². The third-order valence-corrected chi connectivity index (χ3v) is 3.71. The van der Waals surface area contributed by atoms with Gasteiger partial charge in [-0.2, -0.15) is 0 Å². The standard InChI is InChI=1S/C11H22N2O/c1-12-6-4-3-5-10(12)11-9-14-8-7-13(11)2/h10-11H,3-9H2,1-2H3. The molecule has 2 aliphatic heterocycles. The number of ether oxygens (including phenoxy) is 1. The highest BCUT2D eigenvalue weighted by molar-refractivity contribution is 4.88. The van der Waals surface area contributed by atoms with Crippen LogP contribution in [-0.2, 0) is 4.74 Å². The van der Waals surface area contributed by atoms with E-state index in [9.17, 15) is 0 Å². The second kappa shape index (κ2) is 4.60. The summed E-state index contributed by atoms with van der Waals surface area (Å²) in [4.78, 5) is 4.98. The number of likely N-dealkylation sites (tertiary alicyclic amines) is 1. The van der Waals surface area contributed by atoms with Crippen LogP contribution in [0.5, 0.6) is 0 Å². The third-order valence-electron chi connectivity index (χ3n) is 3.71. The van der Waals surface area contributed by atoms with Crippen LogP contribution in [0.3, 0.4) is 0 Å². The first-order valence-corrected chi connectivity index (χ1v) is 5.77. The van der Waals surface area contributed by atoms with Crippen LogP contribution in [0.15, 0.2) is 0 Å². The molecule has 0 amide bonds. The van der Waals surface area contributed by atoms with Gasteiger partial charge in [-0.1, -0.05) is 6.42 Å². The number of rotatable bonds is 1. The Morgan fingerprint density at radius 1 is 1.00 bits per heavy atom. The fraction of sp³-hybridized carbons (Fsp3) is 1.00. The summed E-state index contributed by atoms with van der Waals surface area (Å²) in [7, 11) is 4.49.